The maximum Gasteiger partial charge on any atom is 0.119 e. The van der Waals surface area contributed by atoms with Crippen LogP contribution in [0.3, 0.4) is 0 Å². The van der Waals surface area contributed by atoms with Crippen molar-refractivity contribution in [1.29, 1.82) is 0 Å². The van der Waals surface area contributed by atoms with Crippen molar-refractivity contribution in [3.05, 3.63) is 29.3 Å². The summed E-state index contributed by atoms with van der Waals surface area (Å²) >= 11 is 0. The molecule has 0 saturated carbocycles. The third kappa shape index (κ3) is 4.69. The van der Waals surface area contributed by atoms with Crippen molar-refractivity contribution < 1.29 is 4.74 Å². The monoisotopic (exact) mass is 220 g/mol. The molecule has 0 aromatic heterocycles. The molecule has 0 spiro atoms. The number of ether oxygens (including phenoxy) is 1. The summed E-state index contributed by atoms with van der Waals surface area (Å²) in [5, 5.41) is 0. The Balaban J connectivity index is 2.65. The minimum atomic E-state index is 0.699. The van der Waals surface area contributed by atoms with Gasteiger partial charge in [-0.05, 0) is 48.9 Å². The van der Waals surface area contributed by atoms with Crippen LogP contribution in [0.25, 0.3) is 0 Å². The van der Waals surface area contributed by atoms with Gasteiger partial charge in [0.05, 0.1) is 6.61 Å². The normalized spacial score (nSPS) is 10.8. The molecule has 0 aliphatic heterocycles. The first-order valence-electron chi connectivity index (χ1n) is 6.35. The Bertz CT molecular complexity index is 315. The van der Waals surface area contributed by atoms with Gasteiger partial charge in [0.1, 0.15) is 5.75 Å². The summed E-state index contributed by atoms with van der Waals surface area (Å²) in [4.78, 5) is 0. The second kappa shape index (κ2) is 6.57. The summed E-state index contributed by atoms with van der Waals surface area (Å²) in [6.07, 6.45) is 3.45. The average Bonchev–Trinajstić information content (AvgIpc) is 2.16. The zero-order valence-electron chi connectivity index (χ0n) is 11.0. The first-order valence-corrected chi connectivity index (χ1v) is 6.35. The van der Waals surface area contributed by atoms with Crippen molar-refractivity contribution in [1.82, 2.24) is 0 Å². The van der Waals surface area contributed by atoms with Gasteiger partial charge in [-0.3, -0.25) is 0 Å². The van der Waals surface area contributed by atoms with Gasteiger partial charge in [0.2, 0.25) is 0 Å². The molecule has 1 nitrogen and oxygen atoms in total. The largest absolute Gasteiger partial charge is 0.494 e. The van der Waals surface area contributed by atoms with Gasteiger partial charge in [-0.1, -0.05) is 33.3 Å². The van der Waals surface area contributed by atoms with Gasteiger partial charge in [0.15, 0.2) is 0 Å². The van der Waals surface area contributed by atoms with Gasteiger partial charge in [-0.15, -0.1) is 0 Å². The van der Waals surface area contributed by atoms with E-state index in [9.17, 15) is 0 Å². The third-order valence-electron chi connectivity index (χ3n) is 2.52. The lowest BCUT2D eigenvalue weighted by molar-refractivity contribution is 0.309. The molecule has 0 aliphatic rings. The molecule has 0 fully saturated rings. The van der Waals surface area contributed by atoms with Crippen LogP contribution < -0.4 is 4.74 Å². The molecule has 0 N–H and O–H groups in total. The number of rotatable bonds is 6. The summed E-state index contributed by atoms with van der Waals surface area (Å²) in [5.74, 6) is 1.73. The number of hydrogen-bond acceptors (Lipinski definition) is 1. The highest BCUT2D eigenvalue weighted by Crippen LogP contribution is 2.19. The number of aryl methyl sites for hydroxylation is 1. The van der Waals surface area contributed by atoms with Gasteiger partial charge in [0, 0.05) is 0 Å². The van der Waals surface area contributed by atoms with Crippen LogP contribution in [-0.4, -0.2) is 6.61 Å². The van der Waals surface area contributed by atoms with E-state index < -0.39 is 0 Å². The molecule has 0 amide bonds. The number of unbranched alkanes of at least 4 members (excludes halogenated alkanes) is 1. The topological polar surface area (TPSA) is 9.23 Å². The fourth-order valence-corrected chi connectivity index (χ4v) is 1.83. The van der Waals surface area contributed by atoms with Gasteiger partial charge >= 0.3 is 0 Å². The fourth-order valence-electron chi connectivity index (χ4n) is 1.83. The van der Waals surface area contributed by atoms with Crippen molar-refractivity contribution in [3.8, 4) is 5.75 Å². The number of benzene rings is 1. The molecular weight excluding hydrogens is 196 g/mol. The highest BCUT2D eigenvalue weighted by Gasteiger charge is 2.02. The van der Waals surface area contributed by atoms with Crippen molar-refractivity contribution >= 4 is 0 Å². The molecule has 16 heavy (non-hydrogen) atoms. The van der Waals surface area contributed by atoms with E-state index in [0.29, 0.717) is 5.92 Å². The molecule has 90 valence electrons. The molecule has 1 heteroatoms. The molecule has 0 saturated heterocycles. The van der Waals surface area contributed by atoms with Gasteiger partial charge < -0.3 is 4.74 Å². The second-order valence-corrected chi connectivity index (χ2v) is 4.95. The maximum absolute atomic E-state index is 5.75. The quantitative estimate of drug-likeness (QED) is 0.647. The van der Waals surface area contributed by atoms with Crippen LogP contribution in [0.1, 0.15) is 44.7 Å². The van der Waals surface area contributed by atoms with Crippen LogP contribution in [0.15, 0.2) is 18.2 Å². The fraction of sp³-hybridized carbons (Fsp3) is 0.600. The first kappa shape index (κ1) is 13.1. The van der Waals surface area contributed by atoms with Crippen LogP contribution in [-0.2, 0) is 6.42 Å². The van der Waals surface area contributed by atoms with E-state index in [1.807, 2.05) is 0 Å². The smallest absolute Gasteiger partial charge is 0.119 e. The Morgan fingerprint density at radius 1 is 1.19 bits per heavy atom. The van der Waals surface area contributed by atoms with Crippen LogP contribution >= 0.6 is 0 Å². The average molecular weight is 220 g/mol. The lowest BCUT2D eigenvalue weighted by Gasteiger charge is -2.10. The standard InChI is InChI=1S/C15H24O/c1-5-6-7-16-15-10-13(4)9-14(11-15)8-12(2)3/h9-12H,5-8H2,1-4H3. The minimum Gasteiger partial charge on any atom is -0.494 e. The first-order chi connectivity index (χ1) is 7.61. The van der Waals surface area contributed by atoms with E-state index >= 15 is 0 Å². The highest BCUT2D eigenvalue weighted by atomic mass is 16.5. The van der Waals surface area contributed by atoms with Crippen molar-refractivity contribution in [2.45, 2.75) is 47.0 Å². The lowest BCUT2D eigenvalue weighted by Crippen LogP contribution is -1.99. The second-order valence-electron chi connectivity index (χ2n) is 4.95. The highest BCUT2D eigenvalue weighted by molar-refractivity contribution is 5.34. The van der Waals surface area contributed by atoms with E-state index in [2.05, 4.69) is 45.9 Å². The van der Waals surface area contributed by atoms with Gasteiger partial charge in [-0.2, -0.15) is 0 Å². The van der Waals surface area contributed by atoms with Gasteiger partial charge in [0.25, 0.3) is 0 Å². The Kier molecular flexibility index (Phi) is 5.37. The predicted molar refractivity (Wildman–Crippen MR) is 70.1 cm³/mol. The molecule has 0 bridgehead atoms. The van der Waals surface area contributed by atoms with Crippen molar-refractivity contribution in [2.75, 3.05) is 6.61 Å². The molecule has 1 aromatic rings. The van der Waals surface area contributed by atoms with Gasteiger partial charge in [-0.25, -0.2) is 0 Å². The Labute approximate surface area is 99.8 Å². The molecule has 0 radical (unpaired) electrons. The van der Waals surface area contributed by atoms with Crippen LogP contribution in [0.5, 0.6) is 5.75 Å². The SMILES string of the molecule is CCCCOc1cc(C)cc(CC(C)C)c1. The summed E-state index contributed by atoms with van der Waals surface area (Å²) in [7, 11) is 0. The molecule has 1 aromatic carbocycles. The molecule has 0 atom stereocenters. The van der Waals surface area contributed by atoms with Crippen molar-refractivity contribution in [3.63, 3.8) is 0 Å². The third-order valence-corrected chi connectivity index (χ3v) is 2.52. The molecular formula is C15H24O. The Morgan fingerprint density at radius 3 is 2.56 bits per heavy atom. The molecule has 0 unspecified atom stereocenters. The van der Waals surface area contributed by atoms with Crippen LogP contribution in [0.4, 0.5) is 0 Å². The number of hydrogen-bond donors (Lipinski definition) is 0. The summed E-state index contributed by atoms with van der Waals surface area (Å²) in [6, 6.07) is 6.56. The molecule has 0 aliphatic carbocycles. The maximum atomic E-state index is 5.75. The van der Waals surface area contributed by atoms with E-state index in [1.54, 1.807) is 0 Å². The summed E-state index contributed by atoms with van der Waals surface area (Å²) in [6.45, 7) is 9.65. The molecule has 1 rings (SSSR count). The van der Waals surface area contributed by atoms with E-state index in [4.69, 9.17) is 4.74 Å². The summed E-state index contributed by atoms with van der Waals surface area (Å²) in [5.41, 5.74) is 2.69. The minimum absolute atomic E-state index is 0.699. The lowest BCUT2D eigenvalue weighted by atomic mass is 10.0. The van der Waals surface area contributed by atoms with Crippen LogP contribution in [0, 0.1) is 12.8 Å². The summed E-state index contributed by atoms with van der Waals surface area (Å²) < 4.78 is 5.75. The zero-order valence-corrected chi connectivity index (χ0v) is 11.0. The van der Waals surface area contributed by atoms with E-state index in [1.165, 1.54) is 17.5 Å². The van der Waals surface area contributed by atoms with Crippen molar-refractivity contribution in [2.24, 2.45) is 5.92 Å². The predicted octanol–water partition coefficient (Wildman–Crippen LogP) is 4.37. The van der Waals surface area contributed by atoms with E-state index in [0.717, 1.165) is 25.2 Å². The molecule has 0 heterocycles. The zero-order chi connectivity index (χ0) is 12.0. The van der Waals surface area contributed by atoms with Crippen LogP contribution in [0.2, 0.25) is 0 Å². The van der Waals surface area contributed by atoms with E-state index in [-0.39, 0.29) is 0 Å². The Morgan fingerprint density at radius 2 is 1.94 bits per heavy atom. The Hall–Kier alpha value is -0.980.